The van der Waals surface area contributed by atoms with Gasteiger partial charge in [0.25, 0.3) is 0 Å². The summed E-state index contributed by atoms with van der Waals surface area (Å²) in [6, 6.07) is 4.35. The average molecular weight is 330 g/mol. The van der Waals surface area contributed by atoms with Crippen molar-refractivity contribution in [3.05, 3.63) is 38.8 Å². The Morgan fingerprint density at radius 1 is 1.61 bits per heavy atom. The Morgan fingerprint density at radius 2 is 2.44 bits per heavy atom. The fourth-order valence-electron chi connectivity index (χ4n) is 1.88. The van der Waals surface area contributed by atoms with Crippen LogP contribution in [0.3, 0.4) is 0 Å². The molecule has 2 rings (SSSR count). The van der Waals surface area contributed by atoms with E-state index < -0.39 is 0 Å². The normalized spacial score (nSPS) is 12.8. The van der Waals surface area contributed by atoms with Crippen molar-refractivity contribution < 1.29 is 4.74 Å². The Hall–Kier alpha value is -0.690. The van der Waals surface area contributed by atoms with E-state index in [2.05, 4.69) is 43.9 Å². The van der Waals surface area contributed by atoms with E-state index in [4.69, 9.17) is 4.74 Å². The van der Waals surface area contributed by atoms with Crippen LogP contribution in [-0.4, -0.2) is 30.5 Å². The third-order valence-corrected chi connectivity index (χ3v) is 4.28. The van der Waals surface area contributed by atoms with Crippen LogP contribution < -0.4 is 5.32 Å². The van der Waals surface area contributed by atoms with Crippen molar-refractivity contribution in [1.82, 2.24) is 15.1 Å². The number of hydrogen-bond donors (Lipinski definition) is 1. The third kappa shape index (κ3) is 2.83. The SMILES string of the molecule is CNC(c1cccs1)c1c(Br)cnn1CCOC. The van der Waals surface area contributed by atoms with Crippen molar-refractivity contribution >= 4 is 27.3 Å². The van der Waals surface area contributed by atoms with Gasteiger partial charge >= 0.3 is 0 Å². The van der Waals surface area contributed by atoms with Crippen molar-refractivity contribution in [3.8, 4) is 0 Å². The molecule has 0 radical (unpaired) electrons. The van der Waals surface area contributed by atoms with Crippen LogP contribution in [0.1, 0.15) is 16.6 Å². The molecule has 0 saturated carbocycles. The van der Waals surface area contributed by atoms with Gasteiger partial charge in [-0.1, -0.05) is 6.07 Å². The molecule has 6 heteroatoms. The maximum atomic E-state index is 5.12. The molecule has 2 aromatic rings. The van der Waals surface area contributed by atoms with Gasteiger partial charge in [0.15, 0.2) is 0 Å². The molecule has 0 bridgehead atoms. The molecule has 2 aromatic heterocycles. The summed E-state index contributed by atoms with van der Waals surface area (Å²) in [7, 11) is 3.66. The molecule has 4 nitrogen and oxygen atoms in total. The lowest BCUT2D eigenvalue weighted by atomic mass is 10.1. The minimum absolute atomic E-state index is 0.152. The zero-order chi connectivity index (χ0) is 13.0. The highest BCUT2D eigenvalue weighted by molar-refractivity contribution is 9.10. The average Bonchev–Trinajstić information content (AvgIpc) is 3.00. The first-order chi connectivity index (χ1) is 8.77. The van der Waals surface area contributed by atoms with Gasteiger partial charge in [-0.05, 0) is 34.4 Å². The summed E-state index contributed by atoms with van der Waals surface area (Å²) >= 11 is 5.32. The van der Waals surface area contributed by atoms with Gasteiger partial charge in [0, 0.05) is 12.0 Å². The van der Waals surface area contributed by atoms with Gasteiger partial charge < -0.3 is 10.1 Å². The van der Waals surface area contributed by atoms with Crippen molar-refractivity contribution in [2.75, 3.05) is 20.8 Å². The summed E-state index contributed by atoms with van der Waals surface area (Å²) in [5.41, 5.74) is 1.14. The van der Waals surface area contributed by atoms with Crippen molar-refractivity contribution in [3.63, 3.8) is 0 Å². The van der Waals surface area contributed by atoms with Crippen LogP contribution in [-0.2, 0) is 11.3 Å². The molecule has 18 heavy (non-hydrogen) atoms. The third-order valence-electron chi connectivity index (χ3n) is 2.73. The lowest BCUT2D eigenvalue weighted by Gasteiger charge is -2.17. The molecule has 0 fully saturated rings. The Bertz CT molecular complexity index is 483. The molecule has 1 unspecified atom stereocenters. The van der Waals surface area contributed by atoms with E-state index in [0.29, 0.717) is 6.61 Å². The second-order valence-electron chi connectivity index (χ2n) is 3.83. The van der Waals surface area contributed by atoms with Crippen LogP contribution in [0.5, 0.6) is 0 Å². The molecule has 1 atom stereocenters. The van der Waals surface area contributed by atoms with E-state index in [1.807, 2.05) is 17.9 Å². The fraction of sp³-hybridized carbons (Fsp3) is 0.417. The first kappa shape index (κ1) is 13.7. The van der Waals surface area contributed by atoms with Gasteiger partial charge in [-0.2, -0.15) is 5.10 Å². The number of thiophene rings is 1. The molecule has 0 aliphatic carbocycles. The van der Waals surface area contributed by atoms with Crippen LogP contribution in [0.25, 0.3) is 0 Å². The molecule has 1 N–H and O–H groups in total. The highest BCUT2D eigenvalue weighted by atomic mass is 79.9. The van der Waals surface area contributed by atoms with Gasteiger partial charge in [-0.25, -0.2) is 0 Å². The number of hydrogen-bond acceptors (Lipinski definition) is 4. The second kappa shape index (κ2) is 6.47. The fourth-order valence-corrected chi connectivity index (χ4v) is 3.25. The predicted molar refractivity (Wildman–Crippen MR) is 77.0 cm³/mol. The number of ether oxygens (including phenoxy) is 1. The standard InChI is InChI=1S/C12H16BrN3OS/c1-14-11(10-4-3-7-18-10)12-9(13)8-15-16(12)5-6-17-2/h3-4,7-8,11,14H,5-6H2,1-2H3. The molecule has 0 saturated heterocycles. The summed E-state index contributed by atoms with van der Waals surface area (Å²) in [6.45, 7) is 1.41. The quantitative estimate of drug-likeness (QED) is 0.885. The maximum absolute atomic E-state index is 5.12. The van der Waals surface area contributed by atoms with Gasteiger partial charge in [0.1, 0.15) is 0 Å². The molecule has 0 aliphatic rings. The molecular formula is C12H16BrN3OS. The molecule has 2 heterocycles. The van der Waals surface area contributed by atoms with Crippen LogP contribution in [0.4, 0.5) is 0 Å². The van der Waals surface area contributed by atoms with E-state index >= 15 is 0 Å². The van der Waals surface area contributed by atoms with Crippen LogP contribution in [0.2, 0.25) is 0 Å². The summed E-state index contributed by atoms with van der Waals surface area (Å²) in [4.78, 5) is 1.28. The van der Waals surface area contributed by atoms with Gasteiger partial charge in [0.05, 0.1) is 35.6 Å². The molecule has 0 aromatic carbocycles. The minimum atomic E-state index is 0.152. The number of rotatable bonds is 6. The van der Waals surface area contributed by atoms with E-state index in [1.165, 1.54) is 4.88 Å². The molecular weight excluding hydrogens is 314 g/mol. The molecule has 98 valence electrons. The monoisotopic (exact) mass is 329 g/mol. The zero-order valence-electron chi connectivity index (χ0n) is 10.4. The van der Waals surface area contributed by atoms with Crippen LogP contribution >= 0.6 is 27.3 Å². The Balaban J connectivity index is 2.32. The number of aromatic nitrogens is 2. The second-order valence-corrected chi connectivity index (χ2v) is 5.66. The lowest BCUT2D eigenvalue weighted by molar-refractivity contribution is 0.182. The summed E-state index contributed by atoms with van der Waals surface area (Å²) in [5.74, 6) is 0. The van der Waals surface area contributed by atoms with E-state index in [1.54, 1.807) is 18.4 Å². The summed E-state index contributed by atoms with van der Waals surface area (Å²) in [5, 5.41) is 9.82. The Morgan fingerprint density at radius 3 is 3.06 bits per heavy atom. The molecule has 0 spiro atoms. The summed E-state index contributed by atoms with van der Waals surface area (Å²) < 4.78 is 8.12. The molecule has 0 amide bonds. The predicted octanol–water partition coefficient (Wildman–Crippen LogP) is 2.66. The van der Waals surface area contributed by atoms with Gasteiger partial charge in [0.2, 0.25) is 0 Å². The number of halogens is 1. The number of nitrogens with one attached hydrogen (secondary N) is 1. The van der Waals surface area contributed by atoms with Crippen LogP contribution in [0, 0.1) is 0 Å². The number of methoxy groups -OCH3 is 1. The maximum Gasteiger partial charge on any atom is 0.0851 e. The van der Waals surface area contributed by atoms with Crippen molar-refractivity contribution in [1.29, 1.82) is 0 Å². The number of nitrogens with zero attached hydrogens (tertiary/aromatic N) is 2. The lowest BCUT2D eigenvalue weighted by Crippen LogP contribution is -2.22. The largest absolute Gasteiger partial charge is 0.383 e. The smallest absolute Gasteiger partial charge is 0.0851 e. The highest BCUT2D eigenvalue weighted by Gasteiger charge is 2.21. The van der Waals surface area contributed by atoms with Gasteiger partial charge in [-0.3, -0.25) is 4.68 Å². The van der Waals surface area contributed by atoms with E-state index in [9.17, 15) is 0 Å². The van der Waals surface area contributed by atoms with Gasteiger partial charge in [-0.15, -0.1) is 11.3 Å². The minimum Gasteiger partial charge on any atom is -0.383 e. The van der Waals surface area contributed by atoms with Crippen molar-refractivity contribution in [2.24, 2.45) is 0 Å². The highest BCUT2D eigenvalue weighted by Crippen LogP contribution is 2.30. The topological polar surface area (TPSA) is 39.1 Å². The van der Waals surface area contributed by atoms with Crippen molar-refractivity contribution in [2.45, 2.75) is 12.6 Å². The molecule has 0 aliphatic heterocycles. The van der Waals surface area contributed by atoms with E-state index in [-0.39, 0.29) is 6.04 Å². The van der Waals surface area contributed by atoms with Crippen LogP contribution in [0.15, 0.2) is 28.2 Å². The first-order valence-electron chi connectivity index (χ1n) is 5.68. The Labute approximate surface area is 119 Å². The summed E-state index contributed by atoms with van der Waals surface area (Å²) in [6.07, 6.45) is 1.84. The zero-order valence-corrected chi connectivity index (χ0v) is 12.8. The Kier molecular flexibility index (Phi) is 4.94. The van der Waals surface area contributed by atoms with E-state index in [0.717, 1.165) is 16.7 Å². The first-order valence-corrected chi connectivity index (χ1v) is 7.36.